The van der Waals surface area contributed by atoms with Gasteiger partial charge in [0.1, 0.15) is 18.6 Å². The predicted octanol–water partition coefficient (Wildman–Crippen LogP) is 0.579. The number of imidazole rings is 1. The fraction of sp³-hybridized carbons (Fsp3) is 0.500. The fourth-order valence-corrected chi connectivity index (χ4v) is 3.60. The Bertz CT molecular complexity index is 890. The fourth-order valence-electron chi connectivity index (χ4n) is 2.12. The molecule has 2 heterocycles. The van der Waals surface area contributed by atoms with E-state index in [0.717, 1.165) is 16.3 Å². The van der Waals surface area contributed by atoms with Gasteiger partial charge in [0.2, 0.25) is 4.80 Å². The molecule has 0 bridgehead atoms. The summed E-state index contributed by atoms with van der Waals surface area (Å²) in [7, 11) is -2.18. The Morgan fingerprint density at radius 1 is 1.42 bits per heavy atom. The van der Waals surface area contributed by atoms with E-state index in [2.05, 4.69) is 15.2 Å². The molecule has 0 aliphatic heterocycles. The van der Waals surface area contributed by atoms with Crippen molar-refractivity contribution in [1.29, 1.82) is 0 Å². The lowest BCUT2D eigenvalue weighted by molar-refractivity contribution is -0.696. The first kappa shape index (κ1) is 18.6. The highest BCUT2D eigenvalue weighted by Gasteiger charge is 2.08. The van der Waals surface area contributed by atoms with Gasteiger partial charge in [-0.1, -0.05) is 0 Å². The van der Waals surface area contributed by atoms with Gasteiger partial charge in [0.05, 0.1) is 16.7 Å². The zero-order chi connectivity index (χ0) is 17.7. The number of aromatic amines is 1. The summed E-state index contributed by atoms with van der Waals surface area (Å²) >= 11 is 1.58. The molecule has 24 heavy (non-hydrogen) atoms. The third-order valence-electron chi connectivity index (χ3n) is 3.71. The van der Waals surface area contributed by atoms with Crippen LogP contribution in [0.25, 0.3) is 0 Å². The number of nitrogens with zero attached hydrogens (tertiary/aromatic N) is 4. The van der Waals surface area contributed by atoms with Crippen molar-refractivity contribution in [2.75, 3.05) is 5.75 Å². The quantitative estimate of drug-likeness (QED) is 0.253. The van der Waals surface area contributed by atoms with E-state index in [1.54, 1.807) is 23.7 Å². The maximum absolute atomic E-state index is 10.6. The van der Waals surface area contributed by atoms with E-state index in [1.807, 2.05) is 36.2 Å². The minimum Gasteiger partial charge on any atom is -0.748 e. The predicted molar refractivity (Wildman–Crippen MR) is 90.7 cm³/mol. The van der Waals surface area contributed by atoms with Gasteiger partial charge >= 0.3 is 0 Å². The van der Waals surface area contributed by atoms with Crippen LogP contribution in [-0.2, 0) is 23.7 Å². The molecule has 0 radical (unpaired) electrons. The summed E-state index contributed by atoms with van der Waals surface area (Å²) in [6.45, 7) is 4.69. The SMILES string of the molecule is Cc1s/c(=N\N=C\c2[nH]cc[n+]2CCCCS(=O)(=O)[O-])n(C)c1C. The van der Waals surface area contributed by atoms with Crippen molar-refractivity contribution in [2.45, 2.75) is 33.2 Å². The molecule has 0 aromatic carbocycles. The van der Waals surface area contributed by atoms with Crippen LogP contribution >= 0.6 is 11.3 Å². The largest absolute Gasteiger partial charge is 0.748 e. The van der Waals surface area contributed by atoms with Gasteiger partial charge in [-0.2, -0.15) is 0 Å². The van der Waals surface area contributed by atoms with E-state index in [1.165, 1.54) is 4.88 Å². The highest BCUT2D eigenvalue weighted by Crippen LogP contribution is 2.07. The van der Waals surface area contributed by atoms with Gasteiger partial charge in [-0.3, -0.25) is 0 Å². The number of unbranched alkanes of at least 4 members (excludes halogenated alkanes) is 1. The van der Waals surface area contributed by atoms with Gasteiger partial charge in [0.15, 0.2) is 0 Å². The Morgan fingerprint density at radius 2 is 2.17 bits per heavy atom. The molecule has 0 saturated carbocycles. The number of aromatic nitrogens is 3. The highest BCUT2D eigenvalue weighted by atomic mass is 32.2. The molecule has 2 rings (SSSR count). The van der Waals surface area contributed by atoms with Crippen molar-refractivity contribution in [3.8, 4) is 0 Å². The van der Waals surface area contributed by atoms with Crippen molar-refractivity contribution in [3.63, 3.8) is 0 Å². The molecular weight excluding hydrogens is 350 g/mol. The van der Waals surface area contributed by atoms with Gasteiger partial charge in [0, 0.05) is 23.4 Å². The van der Waals surface area contributed by atoms with Crippen molar-refractivity contribution >= 4 is 27.7 Å². The first-order valence-corrected chi connectivity index (χ1v) is 9.88. The molecule has 8 nitrogen and oxygen atoms in total. The minimum absolute atomic E-state index is 0.329. The van der Waals surface area contributed by atoms with Crippen LogP contribution in [0.1, 0.15) is 29.2 Å². The standard InChI is InChI=1S/C14H21N5O3S2/c1-11-12(2)23-14(18(11)3)17-16-10-13-15-6-8-19(13)7-4-5-9-24(20,21)22/h6,8,10H,4-5,7,9H2,1-3H3,(H,20,21,22)/b16-10+,17-14-. The topological polar surface area (TPSA) is 107 Å². The molecule has 0 unspecified atom stereocenters. The molecule has 10 heteroatoms. The van der Waals surface area contributed by atoms with Crippen LogP contribution < -0.4 is 9.37 Å². The van der Waals surface area contributed by atoms with E-state index in [4.69, 9.17) is 0 Å². The summed E-state index contributed by atoms with van der Waals surface area (Å²) in [5.41, 5.74) is 1.16. The van der Waals surface area contributed by atoms with Crippen LogP contribution in [-0.4, -0.2) is 34.5 Å². The summed E-state index contributed by atoms with van der Waals surface area (Å²) in [5.74, 6) is 0.431. The van der Waals surface area contributed by atoms with Crippen LogP contribution in [0.2, 0.25) is 0 Å². The van der Waals surface area contributed by atoms with E-state index in [0.29, 0.717) is 19.4 Å². The summed E-state index contributed by atoms with van der Waals surface area (Å²) in [6.07, 6.45) is 6.17. The molecule has 0 atom stereocenters. The number of thiazole rings is 1. The second-order valence-corrected chi connectivity index (χ2v) is 8.14. The zero-order valence-electron chi connectivity index (χ0n) is 13.9. The lowest BCUT2D eigenvalue weighted by Crippen LogP contribution is -2.36. The highest BCUT2D eigenvalue weighted by molar-refractivity contribution is 7.85. The molecule has 2 aromatic rings. The van der Waals surface area contributed by atoms with Crippen LogP contribution in [0, 0.1) is 13.8 Å². The average molecular weight is 371 g/mol. The lowest BCUT2D eigenvalue weighted by atomic mass is 10.3. The smallest absolute Gasteiger partial charge is 0.299 e. The summed E-state index contributed by atoms with van der Waals surface area (Å²) in [5, 5.41) is 8.35. The number of aryl methyl sites for hydroxylation is 2. The number of nitrogens with one attached hydrogen (secondary N) is 1. The second kappa shape index (κ2) is 7.86. The molecule has 1 N–H and O–H groups in total. The number of H-pyrrole nitrogens is 1. The van der Waals surface area contributed by atoms with Gasteiger partial charge in [-0.15, -0.1) is 21.5 Å². The van der Waals surface area contributed by atoms with E-state index < -0.39 is 10.1 Å². The number of rotatable bonds is 7. The molecule has 0 spiro atoms. The van der Waals surface area contributed by atoms with Crippen molar-refractivity contribution in [2.24, 2.45) is 17.3 Å². The Kier molecular flexibility index (Phi) is 6.08. The molecule has 0 aliphatic rings. The minimum atomic E-state index is -4.14. The Hall–Kier alpha value is -1.78. The number of hydrogen-bond acceptors (Lipinski definition) is 6. The first-order chi connectivity index (χ1) is 11.3. The van der Waals surface area contributed by atoms with Gasteiger partial charge < -0.3 is 9.12 Å². The van der Waals surface area contributed by atoms with Crippen LogP contribution in [0.15, 0.2) is 22.6 Å². The third-order valence-corrected chi connectivity index (χ3v) is 5.63. The number of hydrogen-bond donors (Lipinski definition) is 1. The van der Waals surface area contributed by atoms with Crippen LogP contribution in [0.5, 0.6) is 0 Å². The normalized spacial score (nSPS) is 13.2. The molecule has 0 fully saturated rings. The zero-order valence-corrected chi connectivity index (χ0v) is 15.5. The molecule has 0 saturated heterocycles. The van der Waals surface area contributed by atoms with Crippen molar-refractivity contribution in [1.82, 2.24) is 9.55 Å². The molecule has 0 aliphatic carbocycles. The third kappa shape index (κ3) is 5.11. The molecule has 0 amide bonds. The molecular formula is C14H21N5O3S2. The Balaban J connectivity index is 2.01. The van der Waals surface area contributed by atoms with Crippen LogP contribution in [0.4, 0.5) is 0 Å². The van der Waals surface area contributed by atoms with E-state index in [-0.39, 0.29) is 5.75 Å². The summed E-state index contributed by atoms with van der Waals surface area (Å²) < 4.78 is 35.7. The second-order valence-electron chi connectivity index (χ2n) is 5.44. The summed E-state index contributed by atoms with van der Waals surface area (Å²) in [4.78, 5) is 5.07. The van der Waals surface area contributed by atoms with Crippen molar-refractivity contribution in [3.05, 3.63) is 33.6 Å². The van der Waals surface area contributed by atoms with Gasteiger partial charge in [-0.25, -0.2) is 18.0 Å². The lowest BCUT2D eigenvalue weighted by Gasteiger charge is -2.05. The Morgan fingerprint density at radius 3 is 2.79 bits per heavy atom. The molecule has 132 valence electrons. The maximum atomic E-state index is 10.6. The van der Waals surface area contributed by atoms with E-state index >= 15 is 0 Å². The van der Waals surface area contributed by atoms with E-state index in [9.17, 15) is 13.0 Å². The van der Waals surface area contributed by atoms with Crippen molar-refractivity contribution < 1.29 is 17.5 Å². The maximum Gasteiger partial charge on any atom is 0.299 e. The summed E-state index contributed by atoms with van der Waals surface area (Å²) in [6, 6.07) is 0. The van der Waals surface area contributed by atoms with Gasteiger partial charge in [-0.05, 0) is 26.7 Å². The van der Waals surface area contributed by atoms with Gasteiger partial charge in [0.25, 0.3) is 5.82 Å². The Labute approximate surface area is 145 Å². The first-order valence-electron chi connectivity index (χ1n) is 7.48. The molecule has 2 aromatic heterocycles. The average Bonchev–Trinajstić information content (AvgIpc) is 3.04. The monoisotopic (exact) mass is 371 g/mol. The van der Waals surface area contributed by atoms with Crippen LogP contribution in [0.3, 0.4) is 0 Å².